The van der Waals surface area contributed by atoms with Crippen molar-refractivity contribution in [1.82, 2.24) is 4.90 Å². The second kappa shape index (κ2) is 18.5. The smallest absolute Gasteiger partial charge is 0.306 e. The standard InChI is InChI=1S/C47H69ClN2O10/c1-10-29-12-11-13-37(60-39-19-18-36(49(5)6)25(3)56-39)24(2)43(52)35-22-32-31-20-30(59-47-46(55-9)45(54-8)44(53-7)26(4)57-47)21-34(31)41-42(40(32)33(35)23-38(51)58-29)50(41)28-16-14-27(48)15-17-28/h14-17,22,24-26,29-34,36-37,39-42,44-47H,10-13,18-21,23H2,1-9H3/t24-,25-,26+,29+,30+,31+,32+,33-,34-,36+,37+,39+,40-,41+,42-,44+,45-,46-,47+,50?/m1/s1. The van der Waals surface area contributed by atoms with Crippen LogP contribution in [0.15, 0.2) is 35.9 Å². The second-order valence-electron chi connectivity index (χ2n) is 19.0. The molecule has 4 aliphatic heterocycles. The zero-order chi connectivity index (χ0) is 42.6. The molecule has 13 heteroatoms. The third-order valence-electron chi connectivity index (χ3n) is 15.5. The molecule has 7 aliphatic rings. The normalized spacial score (nSPS) is 44.5. The van der Waals surface area contributed by atoms with Gasteiger partial charge in [-0.15, -0.1) is 0 Å². The summed E-state index contributed by atoms with van der Waals surface area (Å²) >= 11 is 6.41. The highest BCUT2D eigenvalue weighted by Crippen LogP contribution is 2.65. The number of hydrogen-bond acceptors (Lipinski definition) is 12. The lowest BCUT2D eigenvalue weighted by Gasteiger charge is -2.44. The Hall–Kier alpha value is -2.13. The maximum atomic E-state index is 15.2. The molecule has 334 valence electrons. The Balaban J connectivity index is 1.10. The summed E-state index contributed by atoms with van der Waals surface area (Å²) in [4.78, 5) is 33.9. The van der Waals surface area contributed by atoms with Crippen LogP contribution in [0.4, 0.5) is 5.69 Å². The molecule has 2 saturated carbocycles. The summed E-state index contributed by atoms with van der Waals surface area (Å²) in [7, 11) is 9.18. The first-order valence-electron chi connectivity index (χ1n) is 22.7. The molecule has 60 heavy (non-hydrogen) atoms. The largest absolute Gasteiger partial charge is 0.462 e. The van der Waals surface area contributed by atoms with E-state index in [0.717, 1.165) is 56.2 Å². The van der Waals surface area contributed by atoms with Crippen LogP contribution in [0.5, 0.6) is 0 Å². The lowest BCUT2D eigenvalue weighted by atomic mass is 9.66. The number of anilines is 1. The van der Waals surface area contributed by atoms with Gasteiger partial charge in [0.2, 0.25) is 0 Å². The molecule has 3 aliphatic carbocycles. The van der Waals surface area contributed by atoms with Crippen molar-refractivity contribution in [3.8, 4) is 0 Å². The van der Waals surface area contributed by atoms with Crippen molar-refractivity contribution in [3.05, 3.63) is 40.9 Å². The van der Waals surface area contributed by atoms with Crippen LogP contribution in [0.2, 0.25) is 5.02 Å². The van der Waals surface area contributed by atoms with Crippen LogP contribution in [0, 0.1) is 35.5 Å². The molecule has 1 aromatic rings. The summed E-state index contributed by atoms with van der Waals surface area (Å²) in [6.45, 7) is 8.21. The minimum atomic E-state index is -0.632. The number of ketones is 1. The van der Waals surface area contributed by atoms with Gasteiger partial charge in [0.15, 0.2) is 18.4 Å². The second-order valence-corrected chi connectivity index (χ2v) is 19.4. The highest BCUT2D eigenvalue weighted by molar-refractivity contribution is 6.30. The van der Waals surface area contributed by atoms with Gasteiger partial charge in [-0.1, -0.05) is 31.5 Å². The lowest BCUT2D eigenvalue weighted by Crippen LogP contribution is -2.59. The van der Waals surface area contributed by atoms with E-state index in [4.69, 9.17) is 49.5 Å². The van der Waals surface area contributed by atoms with Crippen molar-refractivity contribution in [2.45, 2.75) is 165 Å². The third-order valence-corrected chi connectivity index (χ3v) is 15.8. The van der Waals surface area contributed by atoms with Gasteiger partial charge in [-0.25, -0.2) is 0 Å². The highest BCUT2D eigenvalue weighted by atomic mass is 35.5. The van der Waals surface area contributed by atoms with Crippen molar-refractivity contribution in [3.63, 3.8) is 0 Å². The van der Waals surface area contributed by atoms with Crippen LogP contribution in [0.1, 0.15) is 85.5 Å². The first-order valence-corrected chi connectivity index (χ1v) is 23.1. The lowest BCUT2D eigenvalue weighted by molar-refractivity contribution is -0.314. The van der Waals surface area contributed by atoms with E-state index in [-0.39, 0.29) is 103 Å². The monoisotopic (exact) mass is 856 g/mol. The molecule has 0 unspecified atom stereocenters. The number of fused-ring (bicyclic) bond motifs is 8. The van der Waals surface area contributed by atoms with Gasteiger partial charge in [-0.3, -0.25) is 9.59 Å². The zero-order valence-electron chi connectivity index (χ0n) is 37.1. The Morgan fingerprint density at radius 2 is 1.55 bits per heavy atom. The van der Waals surface area contributed by atoms with Crippen LogP contribution in [-0.2, 0) is 47.5 Å². The number of hydrogen-bond donors (Lipinski definition) is 0. The van der Waals surface area contributed by atoms with Crippen molar-refractivity contribution in [1.29, 1.82) is 0 Å². The SMILES string of the molecule is CC[C@H]1CCC[C@H](O[C@H]2CC[C@H](N(C)C)[C@@H](C)O2)[C@@H](C)C(=O)C2=C[C@H]3[C@@H]4C[C@H](O[C@@H]5O[C@@H](C)[C@H](OC)[C@@H](OC)[C@H]5OC)C[C@H]4[C@H]4[C@@H]([C@H]3[C@@H]2CC(=O)O1)N4c1ccc(Cl)cc1. The number of benzene rings is 1. The molecule has 19 atom stereocenters. The van der Waals surface area contributed by atoms with E-state index in [9.17, 15) is 4.79 Å². The molecule has 0 N–H and O–H groups in total. The number of carbonyl (C=O) groups excluding carboxylic acids is 2. The maximum absolute atomic E-state index is 15.2. The van der Waals surface area contributed by atoms with Gasteiger partial charge in [0, 0.05) is 49.9 Å². The van der Waals surface area contributed by atoms with Crippen molar-refractivity contribution >= 4 is 29.0 Å². The van der Waals surface area contributed by atoms with Gasteiger partial charge >= 0.3 is 5.97 Å². The van der Waals surface area contributed by atoms with Gasteiger partial charge in [0.1, 0.15) is 24.4 Å². The summed E-state index contributed by atoms with van der Waals surface area (Å²) in [5.41, 5.74) is 1.88. The van der Waals surface area contributed by atoms with Crippen LogP contribution < -0.4 is 4.90 Å². The molecule has 12 nitrogen and oxygen atoms in total. The number of likely N-dealkylation sites (N-methyl/N-ethyl adjacent to an activating group) is 1. The van der Waals surface area contributed by atoms with Gasteiger partial charge in [0.25, 0.3) is 0 Å². The van der Waals surface area contributed by atoms with Crippen LogP contribution in [-0.4, -0.2) is 132 Å². The Morgan fingerprint density at radius 3 is 2.22 bits per heavy atom. The quantitative estimate of drug-likeness (QED) is 0.181. The van der Waals surface area contributed by atoms with E-state index in [0.29, 0.717) is 23.4 Å². The number of esters is 1. The number of halogens is 1. The van der Waals surface area contributed by atoms with E-state index in [1.165, 1.54) is 0 Å². The third kappa shape index (κ3) is 8.48. The predicted octanol–water partition coefficient (Wildman–Crippen LogP) is 6.84. The Kier molecular flexibility index (Phi) is 13.7. The van der Waals surface area contributed by atoms with E-state index >= 15 is 4.79 Å². The highest BCUT2D eigenvalue weighted by Gasteiger charge is 2.69. The fourth-order valence-corrected chi connectivity index (χ4v) is 12.7. The van der Waals surface area contributed by atoms with Crippen molar-refractivity contribution < 1.29 is 47.5 Å². The number of ether oxygens (including phenoxy) is 8. The average molecular weight is 858 g/mol. The van der Waals surface area contributed by atoms with E-state index < -0.39 is 18.3 Å². The molecule has 6 fully saturated rings. The van der Waals surface area contributed by atoms with Gasteiger partial charge in [-0.2, -0.15) is 0 Å². The van der Waals surface area contributed by atoms with E-state index in [1.807, 2.05) is 26.0 Å². The topological polar surface area (TPSA) is 114 Å². The summed E-state index contributed by atoms with van der Waals surface area (Å²) in [5, 5.41) is 0.687. The maximum Gasteiger partial charge on any atom is 0.306 e. The number of carbonyl (C=O) groups is 2. The number of methoxy groups -OCH3 is 3. The Labute approximate surface area is 362 Å². The fraction of sp³-hybridized carbons (Fsp3) is 0.787. The Bertz CT molecular complexity index is 1700. The summed E-state index contributed by atoms with van der Waals surface area (Å²) in [6, 6.07) is 8.78. The fourth-order valence-electron chi connectivity index (χ4n) is 12.6. The van der Waals surface area contributed by atoms with E-state index in [1.54, 1.807) is 21.3 Å². The summed E-state index contributed by atoms with van der Waals surface area (Å²) < 4.78 is 50.5. The first kappa shape index (κ1) is 44.5. The molecule has 0 amide bonds. The first-order chi connectivity index (χ1) is 28.9. The molecule has 4 heterocycles. The van der Waals surface area contributed by atoms with E-state index in [2.05, 4.69) is 56.0 Å². The Morgan fingerprint density at radius 1 is 0.833 bits per heavy atom. The van der Waals surface area contributed by atoms with Gasteiger partial charge in [-0.05, 0) is 133 Å². The van der Waals surface area contributed by atoms with Crippen molar-refractivity contribution in [2.75, 3.05) is 40.3 Å². The van der Waals surface area contributed by atoms with Crippen LogP contribution in [0.25, 0.3) is 0 Å². The van der Waals surface area contributed by atoms with Gasteiger partial charge in [0.05, 0.1) is 42.9 Å². The molecule has 0 radical (unpaired) electrons. The van der Waals surface area contributed by atoms with Crippen LogP contribution in [0.3, 0.4) is 0 Å². The van der Waals surface area contributed by atoms with Crippen molar-refractivity contribution in [2.24, 2.45) is 35.5 Å². The molecule has 1 aromatic carbocycles. The number of cyclic esters (lactones) is 1. The predicted molar refractivity (Wildman–Crippen MR) is 227 cm³/mol. The minimum absolute atomic E-state index is 0.0179. The minimum Gasteiger partial charge on any atom is -0.462 e. The summed E-state index contributed by atoms with van der Waals surface area (Å²) in [5.74, 6) is -0.143. The molecule has 0 spiro atoms. The molecule has 8 rings (SSSR count). The number of nitrogens with zero attached hydrogens (tertiary/aromatic N) is 2. The number of Topliss-reactive ketones (excluding diaryl/α,β-unsaturated/α-hetero) is 1. The van der Waals surface area contributed by atoms with Gasteiger partial charge < -0.3 is 47.7 Å². The number of rotatable bonds is 10. The number of allylic oxidation sites excluding steroid dienone is 2. The molecular weight excluding hydrogens is 788 g/mol. The molecular formula is C47H69ClN2O10. The zero-order valence-corrected chi connectivity index (χ0v) is 37.8. The molecule has 0 bridgehead atoms. The molecule has 4 saturated heterocycles. The molecule has 0 aromatic heterocycles. The average Bonchev–Trinajstić information content (AvgIpc) is 3.62. The summed E-state index contributed by atoms with van der Waals surface area (Å²) in [6.07, 6.45) is 5.84. The van der Waals surface area contributed by atoms with Crippen LogP contribution >= 0.6 is 11.6 Å².